The molecule has 0 spiro atoms. The molecule has 1 heterocycles. The Hall–Kier alpha value is -3.36. The first-order valence-corrected chi connectivity index (χ1v) is 8.35. The van der Waals surface area contributed by atoms with Gasteiger partial charge in [0.15, 0.2) is 0 Å². The van der Waals surface area contributed by atoms with Crippen LogP contribution in [-0.4, -0.2) is 15.6 Å². The van der Waals surface area contributed by atoms with E-state index in [9.17, 15) is 4.79 Å². The highest BCUT2D eigenvalue weighted by atomic mass is 16.3. The van der Waals surface area contributed by atoms with Crippen LogP contribution in [-0.2, 0) is 17.9 Å². The number of aromatic nitrogens is 1. The molecule has 0 fully saturated rings. The summed E-state index contributed by atoms with van der Waals surface area (Å²) in [6.07, 6.45) is 5.65. The van der Waals surface area contributed by atoms with Crippen molar-refractivity contribution >= 4 is 28.6 Å². The quantitative estimate of drug-likeness (QED) is 0.669. The van der Waals surface area contributed by atoms with Gasteiger partial charge in [-0.1, -0.05) is 30.3 Å². The molecule has 5 nitrogen and oxygen atoms in total. The van der Waals surface area contributed by atoms with Crippen LogP contribution in [0.2, 0.25) is 0 Å². The average Bonchev–Trinajstić information content (AvgIpc) is 3.03. The van der Waals surface area contributed by atoms with Crippen LogP contribution in [0.3, 0.4) is 0 Å². The molecule has 5 heteroatoms. The molecule has 2 aromatic carbocycles. The molecule has 0 saturated carbocycles. The van der Waals surface area contributed by atoms with E-state index in [1.807, 2.05) is 35.0 Å². The monoisotopic (exact) mass is 345 g/mol. The number of nitrogens with one attached hydrogen (secondary N) is 1. The number of aryl methyl sites for hydroxylation is 1. The van der Waals surface area contributed by atoms with Crippen molar-refractivity contribution in [1.29, 1.82) is 5.26 Å². The lowest BCUT2D eigenvalue weighted by Gasteiger charge is -2.03. The van der Waals surface area contributed by atoms with Gasteiger partial charge in [0, 0.05) is 41.0 Å². The van der Waals surface area contributed by atoms with Gasteiger partial charge in [-0.25, -0.2) is 0 Å². The number of fused-ring (bicyclic) bond motifs is 1. The highest BCUT2D eigenvalue weighted by molar-refractivity contribution is 6.03. The van der Waals surface area contributed by atoms with E-state index in [-0.39, 0.29) is 12.5 Å². The maximum atomic E-state index is 12.2. The molecule has 0 atom stereocenters. The van der Waals surface area contributed by atoms with Crippen molar-refractivity contribution < 1.29 is 9.90 Å². The number of aliphatic hydroxyl groups excluding tert-OH is 1. The Bertz CT molecular complexity index is 996. The highest BCUT2D eigenvalue weighted by Crippen LogP contribution is 2.23. The number of hydrogen-bond acceptors (Lipinski definition) is 3. The summed E-state index contributed by atoms with van der Waals surface area (Å²) in [6, 6.07) is 17.2. The Labute approximate surface area is 151 Å². The van der Waals surface area contributed by atoms with Gasteiger partial charge in [-0.2, -0.15) is 5.26 Å². The third-order valence-electron chi connectivity index (χ3n) is 4.08. The first-order valence-electron chi connectivity index (χ1n) is 8.35. The molecule has 0 aliphatic heterocycles. The highest BCUT2D eigenvalue weighted by Gasteiger charge is 2.06. The van der Waals surface area contributed by atoms with E-state index in [0.717, 1.165) is 22.0 Å². The molecule has 3 aromatic rings. The van der Waals surface area contributed by atoms with Crippen LogP contribution in [0.1, 0.15) is 17.5 Å². The first-order chi connectivity index (χ1) is 12.7. The normalized spacial score (nSPS) is 10.9. The van der Waals surface area contributed by atoms with Crippen molar-refractivity contribution in [2.45, 2.75) is 19.6 Å². The van der Waals surface area contributed by atoms with E-state index < -0.39 is 0 Å². The fourth-order valence-corrected chi connectivity index (χ4v) is 2.86. The fraction of sp³-hybridized carbons (Fsp3) is 0.143. The Morgan fingerprint density at radius 3 is 2.88 bits per heavy atom. The Morgan fingerprint density at radius 1 is 1.23 bits per heavy atom. The van der Waals surface area contributed by atoms with Gasteiger partial charge in [0.1, 0.15) is 0 Å². The van der Waals surface area contributed by atoms with Gasteiger partial charge < -0.3 is 15.0 Å². The molecule has 0 bridgehead atoms. The summed E-state index contributed by atoms with van der Waals surface area (Å²) in [5.74, 6) is -0.242. The van der Waals surface area contributed by atoms with Crippen LogP contribution in [0.25, 0.3) is 17.0 Å². The molecule has 1 aromatic heterocycles. The van der Waals surface area contributed by atoms with Gasteiger partial charge in [0.2, 0.25) is 5.91 Å². The van der Waals surface area contributed by atoms with Gasteiger partial charge >= 0.3 is 0 Å². The number of para-hydroxylation sites is 1. The maximum Gasteiger partial charge on any atom is 0.248 e. The minimum atomic E-state index is -0.242. The first kappa shape index (κ1) is 17.5. The lowest BCUT2D eigenvalue weighted by atomic mass is 10.1. The third kappa shape index (κ3) is 4.00. The average molecular weight is 345 g/mol. The maximum absolute atomic E-state index is 12.2. The molecule has 0 aliphatic carbocycles. The zero-order valence-corrected chi connectivity index (χ0v) is 14.2. The van der Waals surface area contributed by atoms with Crippen LogP contribution in [0.15, 0.2) is 60.8 Å². The third-order valence-corrected chi connectivity index (χ3v) is 4.08. The SMILES string of the molecule is N#CCCn1cc(/C=C/C(=O)Nc2cccc(CO)c2)c2ccccc21. The van der Waals surface area contributed by atoms with Crippen molar-refractivity contribution in [3.8, 4) is 6.07 Å². The number of nitriles is 1. The molecular formula is C21H19N3O2. The Kier molecular flexibility index (Phi) is 5.47. The van der Waals surface area contributed by atoms with Gasteiger partial charge in [0.05, 0.1) is 19.1 Å². The summed E-state index contributed by atoms with van der Waals surface area (Å²) >= 11 is 0. The minimum absolute atomic E-state index is 0.0677. The van der Waals surface area contributed by atoms with Crippen molar-refractivity contribution in [1.82, 2.24) is 4.57 Å². The Morgan fingerprint density at radius 2 is 2.08 bits per heavy atom. The second kappa shape index (κ2) is 8.15. The molecule has 2 N–H and O–H groups in total. The predicted molar refractivity (Wildman–Crippen MR) is 102 cm³/mol. The molecule has 0 saturated heterocycles. The zero-order valence-electron chi connectivity index (χ0n) is 14.2. The summed E-state index contributed by atoms with van der Waals surface area (Å²) in [6.45, 7) is 0.548. The van der Waals surface area contributed by atoms with E-state index in [4.69, 9.17) is 10.4 Å². The number of nitrogens with zero attached hydrogens (tertiary/aromatic N) is 2. The number of carbonyl (C=O) groups excluding carboxylic acids is 1. The Balaban J connectivity index is 1.79. The van der Waals surface area contributed by atoms with Crippen LogP contribution >= 0.6 is 0 Å². The number of aliphatic hydroxyl groups is 1. The lowest BCUT2D eigenvalue weighted by molar-refractivity contribution is -0.111. The van der Waals surface area contributed by atoms with E-state index in [1.54, 1.807) is 30.3 Å². The molecule has 0 radical (unpaired) electrons. The standard InChI is InChI=1S/C21H19N3O2/c22-11-4-12-24-14-17(19-7-1-2-8-20(19)24)9-10-21(26)23-18-6-3-5-16(13-18)15-25/h1-3,5-10,13-14,25H,4,12,15H2,(H,23,26)/b10-9+. The number of benzene rings is 2. The van der Waals surface area contributed by atoms with Gasteiger partial charge in [-0.3, -0.25) is 4.79 Å². The fourth-order valence-electron chi connectivity index (χ4n) is 2.86. The van der Waals surface area contributed by atoms with Crippen LogP contribution in [0, 0.1) is 11.3 Å². The van der Waals surface area contributed by atoms with Crippen LogP contribution in [0.5, 0.6) is 0 Å². The second-order valence-electron chi connectivity index (χ2n) is 5.88. The van der Waals surface area contributed by atoms with Crippen LogP contribution < -0.4 is 5.32 Å². The van der Waals surface area contributed by atoms with E-state index in [2.05, 4.69) is 11.4 Å². The molecule has 26 heavy (non-hydrogen) atoms. The molecule has 0 unspecified atom stereocenters. The van der Waals surface area contributed by atoms with Crippen molar-refractivity contribution in [3.63, 3.8) is 0 Å². The van der Waals surface area contributed by atoms with Crippen LogP contribution in [0.4, 0.5) is 5.69 Å². The number of carbonyl (C=O) groups is 1. The van der Waals surface area contributed by atoms with Crippen molar-refractivity contribution in [2.24, 2.45) is 0 Å². The van der Waals surface area contributed by atoms with Crippen molar-refractivity contribution in [2.75, 3.05) is 5.32 Å². The summed E-state index contributed by atoms with van der Waals surface area (Å²) in [4.78, 5) is 12.2. The largest absolute Gasteiger partial charge is 0.392 e. The summed E-state index contributed by atoms with van der Waals surface area (Å²) in [5.41, 5.74) is 3.35. The van der Waals surface area contributed by atoms with E-state index in [0.29, 0.717) is 18.7 Å². The van der Waals surface area contributed by atoms with Crippen molar-refractivity contribution in [3.05, 3.63) is 71.9 Å². The number of anilines is 1. The minimum Gasteiger partial charge on any atom is -0.392 e. The molecule has 1 amide bonds. The zero-order chi connectivity index (χ0) is 18.4. The molecule has 3 rings (SSSR count). The van der Waals surface area contributed by atoms with E-state index >= 15 is 0 Å². The number of amides is 1. The molecular weight excluding hydrogens is 326 g/mol. The number of rotatable bonds is 6. The summed E-state index contributed by atoms with van der Waals surface area (Å²) in [7, 11) is 0. The molecule has 0 aliphatic rings. The number of hydrogen-bond donors (Lipinski definition) is 2. The predicted octanol–water partition coefficient (Wildman–Crippen LogP) is 3.70. The summed E-state index contributed by atoms with van der Waals surface area (Å²) < 4.78 is 2.03. The molecule has 130 valence electrons. The van der Waals surface area contributed by atoms with E-state index in [1.165, 1.54) is 6.08 Å². The van der Waals surface area contributed by atoms with Gasteiger partial charge in [0.25, 0.3) is 0 Å². The van der Waals surface area contributed by atoms with Gasteiger partial charge in [-0.15, -0.1) is 0 Å². The second-order valence-corrected chi connectivity index (χ2v) is 5.88. The van der Waals surface area contributed by atoms with Gasteiger partial charge in [-0.05, 0) is 29.8 Å². The lowest BCUT2D eigenvalue weighted by Crippen LogP contribution is -2.07. The smallest absolute Gasteiger partial charge is 0.248 e. The topological polar surface area (TPSA) is 78.0 Å². The summed E-state index contributed by atoms with van der Waals surface area (Å²) in [5, 5.41) is 21.8.